The standard InChI is InChI=1S/C14H22N2O2/c1-10(2)14(3,9-15)16-13(18)12(17)11-7-5-4-6-8-11/h4-8,10,12,17H,9,15H2,1-3H3,(H,16,18). The molecule has 0 spiro atoms. The van der Waals surface area contributed by atoms with Crippen molar-refractivity contribution >= 4 is 5.91 Å². The summed E-state index contributed by atoms with van der Waals surface area (Å²) in [6.07, 6.45) is -1.16. The Morgan fingerprint density at radius 1 is 1.39 bits per heavy atom. The van der Waals surface area contributed by atoms with Crippen LogP contribution in [0.4, 0.5) is 0 Å². The van der Waals surface area contributed by atoms with E-state index in [9.17, 15) is 9.90 Å². The zero-order valence-corrected chi connectivity index (χ0v) is 11.2. The highest BCUT2D eigenvalue weighted by Gasteiger charge is 2.31. The molecule has 0 fully saturated rings. The maximum absolute atomic E-state index is 12.0. The SMILES string of the molecule is CC(C)C(C)(CN)NC(=O)C(O)c1ccccc1. The Labute approximate surface area is 108 Å². The lowest BCUT2D eigenvalue weighted by atomic mass is 9.88. The van der Waals surface area contributed by atoms with E-state index in [1.165, 1.54) is 0 Å². The lowest BCUT2D eigenvalue weighted by Gasteiger charge is -2.34. The number of aliphatic hydroxyl groups is 1. The number of hydrogen-bond acceptors (Lipinski definition) is 3. The number of carbonyl (C=O) groups is 1. The fourth-order valence-corrected chi connectivity index (χ4v) is 1.57. The van der Waals surface area contributed by atoms with Crippen molar-refractivity contribution in [2.45, 2.75) is 32.4 Å². The van der Waals surface area contributed by atoms with Crippen LogP contribution >= 0.6 is 0 Å². The molecule has 4 nitrogen and oxygen atoms in total. The van der Waals surface area contributed by atoms with Gasteiger partial charge in [0.05, 0.1) is 5.54 Å². The van der Waals surface area contributed by atoms with E-state index in [0.717, 1.165) is 0 Å². The minimum absolute atomic E-state index is 0.189. The summed E-state index contributed by atoms with van der Waals surface area (Å²) in [5, 5.41) is 12.8. The van der Waals surface area contributed by atoms with Crippen LogP contribution in [0.3, 0.4) is 0 Å². The molecule has 0 aliphatic rings. The van der Waals surface area contributed by atoms with E-state index < -0.39 is 17.6 Å². The second kappa shape index (κ2) is 5.98. The average molecular weight is 250 g/mol. The van der Waals surface area contributed by atoms with E-state index >= 15 is 0 Å². The van der Waals surface area contributed by atoms with Crippen molar-refractivity contribution in [3.05, 3.63) is 35.9 Å². The summed E-state index contributed by atoms with van der Waals surface area (Å²) in [4.78, 5) is 12.0. The number of rotatable bonds is 5. The van der Waals surface area contributed by atoms with Crippen LogP contribution in [-0.4, -0.2) is 23.1 Å². The summed E-state index contributed by atoms with van der Waals surface area (Å²) in [6, 6.07) is 8.86. The van der Waals surface area contributed by atoms with Crippen LogP contribution in [0.2, 0.25) is 0 Å². The van der Waals surface area contributed by atoms with E-state index in [2.05, 4.69) is 5.32 Å². The first kappa shape index (κ1) is 14.7. The third kappa shape index (κ3) is 3.31. The van der Waals surface area contributed by atoms with Crippen molar-refractivity contribution < 1.29 is 9.90 Å². The smallest absolute Gasteiger partial charge is 0.253 e. The Kier molecular flexibility index (Phi) is 4.87. The van der Waals surface area contributed by atoms with Crippen LogP contribution in [0, 0.1) is 5.92 Å². The van der Waals surface area contributed by atoms with Crippen molar-refractivity contribution in [3.63, 3.8) is 0 Å². The van der Waals surface area contributed by atoms with Crippen molar-refractivity contribution in [3.8, 4) is 0 Å². The van der Waals surface area contributed by atoms with Gasteiger partial charge in [-0.3, -0.25) is 4.79 Å². The summed E-state index contributed by atoms with van der Waals surface area (Å²) in [5.74, 6) is -0.225. The fourth-order valence-electron chi connectivity index (χ4n) is 1.57. The molecule has 0 bridgehead atoms. The van der Waals surface area contributed by atoms with Gasteiger partial charge >= 0.3 is 0 Å². The molecule has 0 saturated carbocycles. The first-order valence-electron chi connectivity index (χ1n) is 6.16. The third-order valence-corrected chi connectivity index (χ3v) is 3.47. The first-order valence-corrected chi connectivity index (χ1v) is 6.16. The summed E-state index contributed by atoms with van der Waals surface area (Å²) < 4.78 is 0. The molecule has 1 rings (SSSR count). The Bertz CT molecular complexity index is 392. The molecule has 0 aromatic heterocycles. The van der Waals surface area contributed by atoms with Crippen LogP contribution in [0.5, 0.6) is 0 Å². The van der Waals surface area contributed by atoms with E-state index in [4.69, 9.17) is 5.73 Å². The molecule has 100 valence electrons. The van der Waals surface area contributed by atoms with Crippen LogP contribution in [0.1, 0.15) is 32.4 Å². The maximum Gasteiger partial charge on any atom is 0.253 e. The van der Waals surface area contributed by atoms with Gasteiger partial charge in [-0.05, 0) is 18.4 Å². The topological polar surface area (TPSA) is 75.3 Å². The predicted molar refractivity (Wildman–Crippen MR) is 71.8 cm³/mol. The molecule has 1 amide bonds. The number of nitrogens with one attached hydrogen (secondary N) is 1. The van der Waals surface area contributed by atoms with Crippen LogP contribution in [0.25, 0.3) is 0 Å². The van der Waals surface area contributed by atoms with Gasteiger partial charge in [0.25, 0.3) is 5.91 Å². The van der Waals surface area contributed by atoms with Crippen molar-refractivity contribution in [1.82, 2.24) is 5.32 Å². The van der Waals surface area contributed by atoms with Gasteiger partial charge in [0.15, 0.2) is 6.10 Å². The molecule has 2 unspecified atom stereocenters. The lowest BCUT2D eigenvalue weighted by molar-refractivity contribution is -0.132. The highest BCUT2D eigenvalue weighted by molar-refractivity contribution is 5.82. The van der Waals surface area contributed by atoms with Gasteiger partial charge in [0.1, 0.15) is 0 Å². The van der Waals surface area contributed by atoms with Gasteiger partial charge in [-0.15, -0.1) is 0 Å². The number of nitrogens with two attached hydrogens (primary N) is 1. The second-order valence-electron chi connectivity index (χ2n) is 5.08. The highest BCUT2D eigenvalue weighted by Crippen LogP contribution is 2.18. The van der Waals surface area contributed by atoms with Crippen LogP contribution in [-0.2, 0) is 4.79 Å². The number of benzene rings is 1. The molecule has 1 aromatic carbocycles. The van der Waals surface area contributed by atoms with E-state index in [0.29, 0.717) is 12.1 Å². The largest absolute Gasteiger partial charge is 0.378 e. The van der Waals surface area contributed by atoms with Crippen LogP contribution < -0.4 is 11.1 Å². The van der Waals surface area contributed by atoms with Crippen molar-refractivity contribution in [1.29, 1.82) is 0 Å². The minimum atomic E-state index is -1.16. The maximum atomic E-state index is 12.0. The number of hydrogen-bond donors (Lipinski definition) is 3. The van der Waals surface area contributed by atoms with E-state index in [-0.39, 0.29) is 5.92 Å². The molecule has 18 heavy (non-hydrogen) atoms. The zero-order valence-electron chi connectivity index (χ0n) is 11.2. The molecule has 4 heteroatoms. The Morgan fingerprint density at radius 3 is 2.39 bits per heavy atom. The van der Waals surface area contributed by atoms with Gasteiger partial charge < -0.3 is 16.2 Å². The van der Waals surface area contributed by atoms with Gasteiger partial charge in [0, 0.05) is 6.54 Å². The first-order chi connectivity index (χ1) is 8.40. The summed E-state index contributed by atoms with van der Waals surface area (Å²) in [6.45, 7) is 6.19. The normalized spacial score (nSPS) is 16.1. The Morgan fingerprint density at radius 2 is 1.94 bits per heavy atom. The summed E-state index contributed by atoms with van der Waals surface area (Å²) in [5.41, 5.74) is 5.77. The molecule has 0 aliphatic heterocycles. The van der Waals surface area contributed by atoms with Crippen LogP contribution in [0.15, 0.2) is 30.3 Å². The van der Waals surface area contributed by atoms with Gasteiger partial charge in [-0.25, -0.2) is 0 Å². The van der Waals surface area contributed by atoms with Gasteiger partial charge in [-0.1, -0.05) is 44.2 Å². The Balaban J connectivity index is 2.77. The fraction of sp³-hybridized carbons (Fsp3) is 0.500. The average Bonchev–Trinajstić information content (AvgIpc) is 2.38. The van der Waals surface area contributed by atoms with Crippen molar-refractivity contribution in [2.24, 2.45) is 11.7 Å². The Hall–Kier alpha value is -1.39. The molecule has 2 atom stereocenters. The van der Waals surface area contributed by atoms with Crippen molar-refractivity contribution in [2.75, 3.05) is 6.54 Å². The van der Waals surface area contributed by atoms with Gasteiger partial charge in [0.2, 0.25) is 0 Å². The third-order valence-electron chi connectivity index (χ3n) is 3.47. The summed E-state index contributed by atoms with van der Waals surface area (Å²) in [7, 11) is 0. The lowest BCUT2D eigenvalue weighted by Crippen LogP contribution is -2.56. The zero-order chi connectivity index (χ0) is 13.8. The predicted octanol–water partition coefficient (Wildman–Crippen LogP) is 1.21. The molecular weight excluding hydrogens is 228 g/mol. The molecule has 0 aliphatic carbocycles. The molecule has 0 saturated heterocycles. The molecule has 4 N–H and O–H groups in total. The highest BCUT2D eigenvalue weighted by atomic mass is 16.3. The minimum Gasteiger partial charge on any atom is -0.378 e. The molecule has 0 heterocycles. The number of carbonyl (C=O) groups excluding carboxylic acids is 1. The van der Waals surface area contributed by atoms with E-state index in [1.807, 2.05) is 26.8 Å². The van der Waals surface area contributed by atoms with E-state index in [1.54, 1.807) is 24.3 Å². The van der Waals surface area contributed by atoms with Gasteiger partial charge in [-0.2, -0.15) is 0 Å². The molecule has 0 radical (unpaired) electrons. The molecule has 1 aromatic rings. The quantitative estimate of drug-likeness (QED) is 0.735. The number of aliphatic hydroxyl groups excluding tert-OH is 1. The summed E-state index contributed by atoms with van der Waals surface area (Å²) >= 11 is 0. The monoisotopic (exact) mass is 250 g/mol. The number of amides is 1. The molecular formula is C14H22N2O2. The second-order valence-corrected chi connectivity index (χ2v) is 5.08.